The molecule has 0 fully saturated rings. The number of Topliss-reactive ketones (excluding diaryl/α,β-unsaturated/α-hetero) is 1. The molecule has 1 unspecified atom stereocenters. The van der Waals surface area contributed by atoms with Crippen LogP contribution in [-0.2, 0) is 0 Å². The van der Waals surface area contributed by atoms with Gasteiger partial charge in [0.05, 0.1) is 13.0 Å². The molecular formula is C12H14O4. The molecule has 0 saturated carbocycles. The average Bonchev–Trinajstić information content (AvgIpc) is 2.25. The minimum atomic E-state index is -0.244. The number of hydrogen-bond donors (Lipinski definition) is 1. The highest BCUT2D eigenvalue weighted by atomic mass is 16.5. The van der Waals surface area contributed by atoms with Crippen LogP contribution in [0.3, 0.4) is 0 Å². The zero-order chi connectivity index (χ0) is 11.9. The Hall–Kier alpha value is -1.71. The molecule has 1 N–H and O–H groups in total. The van der Waals surface area contributed by atoms with Gasteiger partial charge in [-0.3, -0.25) is 4.79 Å². The lowest BCUT2D eigenvalue weighted by molar-refractivity contribution is 0.0724. The Bertz CT molecular complexity index is 439. The second-order valence-electron chi connectivity index (χ2n) is 4.00. The number of methoxy groups -OCH3 is 1. The van der Waals surface area contributed by atoms with E-state index in [0.717, 1.165) is 0 Å². The number of aromatic hydroxyl groups is 1. The van der Waals surface area contributed by atoms with Crippen molar-refractivity contribution in [2.45, 2.75) is 20.0 Å². The average molecular weight is 222 g/mol. The van der Waals surface area contributed by atoms with Crippen molar-refractivity contribution in [2.24, 2.45) is 5.92 Å². The first kappa shape index (κ1) is 10.8. The molecule has 0 amide bonds. The number of benzene rings is 1. The van der Waals surface area contributed by atoms with Crippen molar-refractivity contribution < 1.29 is 19.4 Å². The summed E-state index contributed by atoms with van der Waals surface area (Å²) >= 11 is 0. The SMILES string of the molecule is COc1cc(O)c2c(c1)O[C@H](C)C(C)C2=O. The van der Waals surface area contributed by atoms with Crippen molar-refractivity contribution >= 4 is 5.78 Å². The van der Waals surface area contributed by atoms with E-state index < -0.39 is 0 Å². The summed E-state index contributed by atoms with van der Waals surface area (Å²) in [4.78, 5) is 12.0. The molecule has 0 saturated heterocycles. The standard InChI is InChI=1S/C12H14O4/c1-6-7(2)16-10-5-8(15-3)4-9(13)11(10)12(6)14/h4-7,13H,1-3H3/t6?,7-/m1/s1. The number of phenolic OH excluding ortho intramolecular Hbond substituents is 1. The molecule has 1 aromatic rings. The number of rotatable bonds is 1. The van der Waals surface area contributed by atoms with Gasteiger partial charge in [-0.2, -0.15) is 0 Å². The van der Waals surface area contributed by atoms with Gasteiger partial charge >= 0.3 is 0 Å². The zero-order valence-corrected chi connectivity index (χ0v) is 9.48. The van der Waals surface area contributed by atoms with E-state index in [1.54, 1.807) is 13.0 Å². The van der Waals surface area contributed by atoms with E-state index in [9.17, 15) is 9.90 Å². The zero-order valence-electron chi connectivity index (χ0n) is 9.48. The number of phenols is 1. The highest BCUT2D eigenvalue weighted by Crippen LogP contribution is 2.39. The van der Waals surface area contributed by atoms with Crippen LogP contribution in [0.1, 0.15) is 24.2 Å². The largest absolute Gasteiger partial charge is 0.507 e. The lowest BCUT2D eigenvalue weighted by Gasteiger charge is -2.28. The molecule has 1 aromatic carbocycles. The molecule has 0 spiro atoms. The molecule has 4 nitrogen and oxygen atoms in total. The van der Waals surface area contributed by atoms with E-state index in [1.807, 2.05) is 6.92 Å². The van der Waals surface area contributed by atoms with Gasteiger partial charge in [0.25, 0.3) is 0 Å². The molecule has 16 heavy (non-hydrogen) atoms. The quantitative estimate of drug-likeness (QED) is 0.789. The maximum atomic E-state index is 12.0. The summed E-state index contributed by atoms with van der Waals surface area (Å²) in [7, 11) is 1.50. The monoisotopic (exact) mass is 222 g/mol. The Morgan fingerprint density at radius 2 is 2.06 bits per heavy atom. The van der Waals surface area contributed by atoms with E-state index in [-0.39, 0.29) is 29.1 Å². The van der Waals surface area contributed by atoms with Crippen molar-refractivity contribution in [3.8, 4) is 17.2 Å². The van der Waals surface area contributed by atoms with Gasteiger partial charge in [-0.05, 0) is 6.92 Å². The molecule has 1 heterocycles. The molecule has 0 aromatic heterocycles. The van der Waals surface area contributed by atoms with Crippen LogP contribution in [0, 0.1) is 5.92 Å². The fraction of sp³-hybridized carbons (Fsp3) is 0.417. The van der Waals surface area contributed by atoms with Gasteiger partial charge in [0, 0.05) is 12.1 Å². The molecule has 1 aliphatic rings. The predicted octanol–water partition coefficient (Wildman–Crippen LogP) is 2.00. The minimum Gasteiger partial charge on any atom is -0.507 e. The number of fused-ring (bicyclic) bond motifs is 1. The highest BCUT2D eigenvalue weighted by Gasteiger charge is 2.33. The van der Waals surface area contributed by atoms with Gasteiger partial charge in [0.15, 0.2) is 5.78 Å². The second-order valence-corrected chi connectivity index (χ2v) is 4.00. The highest BCUT2D eigenvalue weighted by molar-refractivity contribution is 6.04. The van der Waals surface area contributed by atoms with Crippen molar-refractivity contribution in [3.63, 3.8) is 0 Å². The fourth-order valence-electron chi connectivity index (χ4n) is 1.78. The van der Waals surface area contributed by atoms with Crippen LogP contribution in [0.2, 0.25) is 0 Å². The summed E-state index contributed by atoms with van der Waals surface area (Å²) in [6, 6.07) is 3.04. The molecule has 1 aliphatic heterocycles. The number of hydrogen-bond acceptors (Lipinski definition) is 4. The molecule has 86 valence electrons. The maximum Gasteiger partial charge on any atom is 0.176 e. The topological polar surface area (TPSA) is 55.8 Å². The van der Waals surface area contributed by atoms with E-state index in [1.165, 1.54) is 13.2 Å². The summed E-state index contributed by atoms with van der Waals surface area (Å²) in [6.07, 6.45) is -0.188. The van der Waals surface area contributed by atoms with Crippen LogP contribution in [0.4, 0.5) is 0 Å². The normalized spacial score (nSPS) is 23.6. The van der Waals surface area contributed by atoms with Crippen LogP contribution in [0.5, 0.6) is 17.2 Å². The van der Waals surface area contributed by atoms with Crippen molar-refractivity contribution in [1.29, 1.82) is 0 Å². The van der Waals surface area contributed by atoms with Crippen LogP contribution in [0.25, 0.3) is 0 Å². The van der Waals surface area contributed by atoms with E-state index in [0.29, 0.717) is 11.5 Å². The van der Waals surface area contributed by atoms with E-state index >= 15 is 0 Å². The van der Waals surface area contributed by atoms with Crippen LogP contribution >= 0.6 is 0 Å². The first-order valence-electron chi connectivity index (χ1n) is 5.16. The minimum absolute atomic E-state index is 0.0851. The molecule has 0 bridgehead atoms. The first-order valence-corrected chi connectivity index (χ1v) is 5.16. The Morgan fingerprint density at radius 1 is 1.38 bits per heavy atom. The van der Waals surface area contributed by atoms with Gasteiger partial charge in [-0.15, -0.1) is 0 Å². The summed E-state index contributed by atoms with van der Waals surface area (Å²) < 4.78 is 10.6. The maximum absolute atomic E-state index is 12.0. The lowest BCUT2D eigenvalue weighted by Crippen LogP contribution is -2.33. The number of carbonyl (C=O) groups is 1. The first-order chi connectivity index (χ1) is 7.54. The van der Waals surface area contributed by atoms with Crippen LogP contribution in [0.15, 0.2) is 12.1 Å². The molecular weight excluding hydrogens is 208 g/mol. The Labute approximate surface area is 93.8 Å². The molecule has 0 aliphatic carbocycles. The summed E-state index contributed by atoms with van der Waals surface area (Å²) in [6.45, 7) is 3.63. The fourth-order valence-corrected chi connectivity index (χ4v) is 1.78. The van der Waals surface area contributed by atoms with Gasteiger partial charge in [-0.1, -0.05) is 6.92 Å². The number of ether oxygens (including phenoxy) is 2. The third-order valence-corrected chi connectivity index (χ3v) is 2.97. The third-order valence-electron chi connectivity index (χ3n) is 2.97. The lowest BCUT2D eigenvalue weighted by atomic mass is 9.91. The molecule has 2 rings (SSSR count). The summed E-state index contributed by atoms with van der Waals surface area (Å²) in [5, 5.41) is 9.76. The number of ketones is 1. The number of carbonyl (C=O) groups excluding carboxylic acids is 1. The Kier molecular flexibility index (Phi) is 2.50. The van der Waals surface area contributed by atoms with Crippen molar-refractivity contribution in [2.75, 3.05) is 7.11 Å². The molecule has 2 atom stereocenters. The van der Waals surface area contributed by atoms with Crippen LogP contribution in [-0.4, -0.2) is 24.1 Å². The molecule has 0 radical (unpaired) electrons. The van der Waals surface area contributed by atoms with Crippen LogP contribution < -0.4 is 9.47 Å². The van der Waals surface area contributed by atoms with E-state index in [2.05, 4.69) is 0 Å². The van der Waals surface area contributed by atoms with Crippen molar-refractivity contribution in [3.05, 3.63) is 17.7 Å². The summed E-state index contributed by atoms with van der Waals surface area (Å²) in [5.41, 5.74) is 0.256. The Morgan fingerprint density at radius 3 is 2.69 bits per heavy atom. The predicted molar refractivity (Wildman–Crippen MR) is 58.2 cm³/mol. The Balaban J connectivity index is 2.56. The van der Waals surface area contributed by atoms with Gasteiger partial charge in [0.2, 0.25) is 0 Å². The smallest absolute Gasteiger partial charge is 0.176 e. The van der Waals surface area contributed by atoms with Gasteiger partial charge < -0.3 is 14.6 Å². The second kappa shape index (κ2) is 3.70. The third kappa shape index (κ3) is 1.50. The van der Waals surface area contributed by atoms with E-state index in [4.69, 9.17) is 9.47 Å². The molecule has 4 heteroatoms. The van der Waals surface area contributed by atoms with Gasteiger partial charge in [-0.25, -0.2) is 0 Å². The summed E-state index contributed by atoms with van der Waals surface area (Å²) in [5.74, 6) is 0.456. The van der Waals surface area contributed by atoms with Gasteiger partial charge in [0.1, 0.15) is 28.9 Å². The van der Waals surface area contributed by atoms with Crippen molar-refractivity contribution in [1.82, 2.24) is 0 Å².